The minimum atomic E-state index is -0.994. The molecule has 0 bridgehead atoms. The van der Waals surface area contributed by atoms with E-state index in [0.29, 0.717) is 21.3 Å². The number of carbonyl (C=O) groups excluding carboxylic acids is 1. The maximum atomic E-state index is 12.6. The van der Waals surface area contributed by atoms with E-state index in [2.05, 4.69) is 17.6 Å². The number of carboxylic acids is 1. The first-order valence-corrected chi connectivity index (χ1v) is 9.48. The molecule has 1 amide bonds. The standard InChI is InChI=1S/C20H20Cl2N2O3/c1-2-11-3-5-12(6-4-11)7-18(25)24-16-10-17(20(26)27)23-15-9-13(21)8-14(22)19(15)16/h3-6,8-9,16-17,23H,2,7,10H2,1H3,(H,24,25)(H,26,27). The fraction of sp³-hybridized carbons (Fsp3) is 0.300. The molecule has 1 aliphatic heterocycles. The summed E-state index contributed by atoms with van der Waals surface area (Å²) in [5.74, 6) is -1.18. The lowest BCUT2D eigenvalue weighted by Crippen LogP contribution is -2.41. The molecular formula is C20H20Cl2N2O3. The van der Waals surface area contributed by atoms with Gasteiger partial charge in [-0.15, -0.1) is 0 Å². The Bertz CT molecular complexity index is 868. The van der Waals surface area contributed by atoms with Crippen LogP contribution in [-0.2, 0) is 22.4 Å². The summed E-state index contributed by atoms with van der Waals surface area (Å²) in [6, 6.07) is 9.75. The Kier molecular flexibility index (Phi) is 5.92. The number of hydrogen-bond donors (Lipinski definition) is 3. The monoisotopic (exact) mass is 406 g/mol. The van der Waals surface area contributed by atoms with Crippen LogP contribution < -0.4 is 10.6 Å². The van der Waals surface area contributed by atoms with Crippen molar-refractivity contribution < 1.29 is 14.7 Å². The van der Waals surface area contributed by atoms with Gasteiger partial charge in [-0.2, -0.15) is 0 Å². The zero-order valence-electron chi connectivity index (χ0n) is 14.8. The van der Waals surface area contributed by atoms with Crippen molar-refractivity contribution in [1.82, 2.24) is 5.32 Å². The number of hydrogen-bond acceptors (Lipinski definition) is 3. The molecule has 142 valence electrons. The molecule has 1 aliphatic rings. The summed E-state index contributed by atoms with van der Waals surface area (Å²) in [6.07, 6.45) is 1.35. The smallest absolute Gasteiger partial charge is 0.326 e. The third-order valence-corrected chi connectivity index (χ3v) is 5.20. The molecule has 2 aromatic carbocycles. The van der Waals surface area contributed by atoms with E-state index in [0.717, 1.165) is 12.0 Å². The van der Waals surface area contributed by atoms with Crippen LogP contribution in [0.25, 0.3) is 0 Å². The maximum Gasteiger partial charge on any atom is 0.326 e. The topological polar surface area (TPSA) is 78.4 Å². The van der Waals surface area contributed by atoms with Crippen molar-refractivity contribution in [2.45, 2.75) is 38.3 Å². The third kappa shape index (κ3) is 4.54. The fourth-order valence-corrected chi connectivity index (χ4v) is 3.90. The van der Waals surface area contributed by atoms with Crippen LogP contribution in [0.3, 0.4) is 0 Å². The number of carboxylic acid groups (broad SMARTS) is 1. The molecule has 0 fully saturated rings. The molecule has 7 heteroatoms. The SMILES string of the molecule is CCc1ccc(CC(=O)NC2CC(C(=O)O)Nc3cc(Cl)cc(Cl)c32)cc1. The number of aryl methyl sites for hydroxylation is 1. The second-order valence-electron chi connectivity index (χ2n) is 6.59. The Morgan fingerprint density at radius 3 is 2.48 bits per heavy atom. The molecular weight excluding hydrogens is 387 g/mol. The van der Waals surface area contributed by atoms with Gasteiger partial charge in [0.2, 0.25) is 5.91 Å². The lowest BCUT2D eigenvalue weighted by Gasteiger charge is -2.32. The largest absolute Gasteiger partial charge is 0.480 e. The number of benzene rings is 2. The first-order valence-electron chi connectivity index (χ1n) is 8.72. The van der Waals surface area contributed by atoms with Crippen LogP contribution in [0.4, 0.5) is 5.69 Å². The summed E-state index contributed by atoms with van der Waals surface area (Å²) < 4.78 is 0. The summed E-state index contributed by atoms with van der Waals surface area (Å²) in [4.78, 5) is 24.0. The quantitative estimate of drug-likeness (QED) is 0.694. The number of rotatable bonds is 5. The van der Waals surface area contributed by atoms with E-state index in [1.165, 1.54) is 5.56 Å². The van der Waals surface area contributed by atoms with E-state index in [-0.39, 0.29) is 18.7 Å². The van der Waals surface area contributed by atoms with E-state index in [9.17, 15) is 14.7 Å². The average Bonchev–Trinajstić information content (AvgIpc) is 2.61. The third-order valence-electron chi connectivity index (χ3n) is 4.67. The molecule has 0 spiro atoms. The summed E-state index contributed by atoms with van der Waals surface area (Å²) in [7, 11) is 0. The van der Waals surface area contributed by atoms with Crippen LogP contribution in [0.5, 0.6) is 0 Å². The zero-order chi connectivity index (χ0) is 19.6. The molecule has 5 nitrogen and oxygen atoms in total. The molecule has 0 radical (unpaired) electrons. The van der Waals surface area contributed by atoms with Crippen LogP contribution in [-0.4, -0.2) is 23.0 Å². The highest BCUT2D eigenvalue weighted by Gasteiger charge is 2.33. The lowest BCUT2D eigenvalue weighted by atomic mass is 9.92. The first-order chi connectivity index (χ1) is 12.9. The van der Waals surface area contributed by atoms with Gasteiger partial charge < -0.3 is 15.7 Å². The van der Waals surface area contributed by atoms with Gasteiger partial charge in [0.1, 0.15) is 6.04 Å². The van der Waals surface area contributed by atoms with E-state index in [1.807, 2.05) is 24.3 Å². The average molecular weight is 407 g/mol. The Morgan fingerprint density at radius 2 is 1.85 bits per heavy atom. The van der Waals surface area contributed by atoms with Crippen molar-refractivity contribution in [2.24, 2.45) is 0 Å². The number of amides is 1. The minimum Gasteiger partial charge on any atom is -0.480 e. The number of anilines is 1. The second kappa shape index (κ2) is 8.19. The van der Waals surface area contributed by atoms with Crippen molar-refractivity contribution in [3.05, 3.63) is 63.1 Å². The predicted molar refractivity (Wildman–Crippen MR) is 107 cm³/mol. The summed E-state index contributed by atoms with van der Waals surface area (Å²) in [6.45, 7) is 2.07. The molecule has 1 heterocycles. The fourth-order valence-electron chi connectivity index (χ4n) is 3.28. The molecule has 3 N–H and O–H groups in total. The van der Waals surface area contributed by atoms with Gasteiger partial charge in [0, 0.05) is 27.7 Å². The number of nitrogens with one attached hydrogen (secondary N) is 2. The Hall–Kier alpha value is -2.24. The molecule has 0 aliphatic carbocycles. The summed E-state index contributed by atoms with van der Waals surface area (Å²) in [5, 5.41) is 16.0. The van der Waals surface area contributed by atoms with Crippen molar-refractivity contribution in [2.75, 3.05) is 5.32 Å². The predicted octanol–water partition coefficient (Wildman–Crippen LogP) is 4.22. The highest BCUT2D eigenvalue weighted by molar-refractivity contribution is 6.35. The Morgan fingerprint density at radius 1 is 1.19 bits per heavy atom. The first kappa shape index (κ1) is 19.5. The van der Waals surface area contributed by atoms with Gasteiger partial charge in [0.15, 0.2) is 0 Å². The van der Waals surface area contributed by atoms with E-state index < -0.39 is 18.1 Å². The highest BCUT2D eigenvalue weighted by Crippen LogP contribution is 2.39. The van der Waals surface area contributed by atoms with Crippen molar-refractivity contribution in [3.63, 3.8) is 0 Å². The van der Waals surface area contributed by atoms with Crippen molar-refractivity contribution >= 4 is 40.8 Å². The Balaban J connectivity index is 1.80. The second-order valence-corrected chi connectivity index (χ2v) is 7.43. The van der Waals surface area contributed by atoms with E-state index >= 15 is 0 Å². The summed E-state index contributed by atoms with van der Waals surface area (Å²) in [5.41, 5.74) is 3.30. The Labute approximate surface area is 167 Å². The number of halogens is 2. The van der Waals surface area contributed by atoms with Crippen LogP contribution in [0.2, 0.25) is 10.0 Å². The highest BCUT2D eigenvalue weighted by atomic mass is 35.5. The van der Waals surface area contributed by atoms with E-state index in [4.69, 9.17) is 23.2 Å². The molecule has 0 saturated carbocycles. The van der Waals surface area contributed by atoms with Crippen molar-refractivity contribution in [1.29, 1.82) is 0 Å². The van der Waals surface area contributed by atoms with Gasteiger partial charge in [0.05, 0.1) is 12.5 Å². The molecule has 27 heavy (non-hydrogen) atoms. The normalized spacial score (nSPS) is 18.3. The van der Waals surface area contributed by atoms with Crippen LogP contribution in [0, 0.1) is 0 Å². The molecule has 2 unspecified atom stereocenters. The molecule has 2 atom stereocenters. The van der Waals surface area contributed by atoms with Crippen LogP contribution >= 0.6 is 23.2 Å². The van der Waals surface area contributed by atoms with Gasteiger partial charge in [-0.3, -0.25) is 4.79 Å². The number of carbonyl (C=O) groups is 2. The van der Waals surface area contributed by atoms with E-state index in [1.54, 1.807) is 12.1 Å². The van der Waals surface area contributed by atoms with Crippen LogP contribution in [0.15, 0.2) is 36.4 Å². The van der Waals surface area contributed by atoms with Crippen LogP contribution in [0.1, 0.15) is 36.1 Å². The van der Waals surface area contributed by atoms with Gasteiger partial charge in [-0.1, -0.05) is 54.4 Å². The molecule has 3 rings (SSSR count). The number of fused-ring (bicyclic) bond motifs is 1. The van der Waals surface area contributed by atoms with Gasteiger partial charge >= 0.3 is 5.97 Å². The van der Waals surface area contributed by atoms with Gasteiger partial charge in [-0.25, -0.2) is 4.79 Å². The zero-order valence-corrected chi connectivity index (χ0v) is 16.3. The molecule has 0 aromatic heterocycles. The maximum absolute atomic E-state index is 12.6. The summed E-state index contributed by atoms with van der Waals surface area (Å²) >= 11 is 12.4. The van der Waals surface area contributed by atoms with Gasteiger partial charge in [0.25, 0.3) is 0 Å². The molecule has 2 aromatic rings. The van der Waals surface area contributed by atoms with Gasteiger partial charge in [-0.05, 0) is 29.7 Å². The molecule has 0 saturated heterocycles. The lowest BCUT2D eigenvalue weighted by molar-refractivity contribution is -0.138. The van der Waals surface area contributed by atoms with Crippen molar-refractivity contribution in [3.8, 4) is 0 Å². The number of aliphatic carboxylic acids is 1. The minimum absolute atomic E-state index is 0.188.